The number of benzene rings is 2. The summed E-state index contributed by atoms with van der Waals surface area (Å²) in [6.45, 7) is 0.0300. The van der Waals surface area contributed by atoms with Gasteiger partial charge >= 0.3 is 6.09 Å². The summed E-state index contributed by atoms with van der Waals surface area (Å²) in [6.07, 6.45) is -1.25. The fourth-order valence-corrected chi connectivity index (χ4v) is 2.49. The molecule has 1 amide bonds. The summed E-state index contributed by atoms with van der Waals surface area (Å²) >= 11 is 0. The van der Waals surface area contributed by atoms with Gasteiger partial charge in [0.15, 0.2) is 11.5 Å². The van der Waals surface area contributed by atoms with Gasteiger partial charge in [0, 0.05) is 0 Å². The van der Waals surface area contributed by atoms with Crippen LogP contribution in [-0.2, 0) is 6.54 Å². The Labute approximate surface area is 137 Å². The molecule has 0 aliphatic rings. The van der Waals surface area contributed by atoms with Gasteiger partial charge in [0.1, 0.15) is 0 Å². The largest absolute Gasteiger partial charge is 0.465 e. The standard InChI is InChI=1S/C17H16N4O3/c18-15-14(16(22)19-21(15)13-9-5-2-6-10-13)20(17(23)24)11-12-7-3-1-4-8-12/h1-10H,11,18H2,(H,19,22)(H,23,24). The van der Waals surface area contributed by atoms with Gasteiger partial charge in [-0.15, -0.1) is 0 Å². The highest BCUT2D eigenvalue weighted by Gasteiger charge is 2.24. The van der Waals surface area contributed by atoms with Gasteiger partial charge in [-0.3, -0.25) is 14.8 Å². The fraction of sp³-hybridized carbons (Fsp3) is 0.0588. The molecule has 0 saturated heterocycles. The number of nitrogens with two attached hydrogens (primary N) is 1. The number of amides is 1. The third-order valence-corrected chi connectivity index (χ3v) is 3.61. The predicted molar refractivity (Wildman–Crippen MR) is 91.5 cm³/mol. The minimum absolute atomic E-state index is 0.0300. The molecule has 1 aromatic heterocycles. The molecule has 4 N–H and O–H groups in total. The first-order valence-electron chi connectivity index (χ1n) is 7.28. The lowest BCUT2D eigenvalue weighted by molar-refractivity contribution is 0.201. The first-order valence-corrected chi connectivity index (χ1v) is 7.28. The smallest absolute Gasteiger partial charge is 0.412 e. The second kappa shape index (κ2) is 6.33. The van der Waals surface area contributed by atoms with Crippen LogP contribution in [0.1, 0.15) is 5.56 Å². The number of hydrogen-bond acceptors (Lipinski definition) is 3. The van der Waals surface area contributed by atoms with Gasteiger partial charge in [0.05, 0.1) is 12.2 Å². The second-order valence-electron chi connectivity index (χ2n) is 5.20. The highest BCUT2D eigenvalue weighted by molar-refractivity contribution is 5.89. The van der Waals surface area contributed by atoms with E-state index in [0.29, 0.717) is 5.69 Å². The van der Waals surface area contributed by atoms with Gasteiger partial charge in [-0.05, 0) is 17.7 Å². The molecule has 0 bridgehead atoms. The SMILES string of the molecule is Nc1c(N(Cc2ccccc2)C(=O)O)c(=O)[nH]n1-c1ccccc1. The number of H-pyrrole nitrogens is 1. The number of nitrogen functional groups attached to an aromatic ring is 1. The number of aromatic nitrogens is 2. The van der Waals surface area contributed by atoms with E-state index in [1.54, 1.807) is 48.5 Å². The van der Waals surface area contributed by atoms with E-state index in [0.717, 1.165) is 10.5 Å². The minimum Gasteiger partial charge on any atom is -0.465 e. The number of carboxylic acid groups (broad SMARTS) is 1. The summed E-state index contributed by atoms with van der Waals surface area (Å²) in [6, 6.07) is 18.0. The molecule has 3 aromatic rings. The quantitative estimate of drug-likeness (QED) is 0.685. The molecule has 0 fully saturated rings. The molecule has 0 unspecified atom stereocenters. The number of hydrogen-bond donors (Lipinski definition) is 3. The van der Waals surface area contributed by atoms with Crippen LogP contribution in [0.25, 0.3) is 5.69 Å². The van der Waals surface area contributed by atoms with Crippen LogP contribution in [0.3, 0.4) is 0 Å². The molecule has 7 heteroatoms. The van der Waals surface area contributed by atoms with Crippen molar-refractivity contribution in [3.8, 4) is 5.69 Å². The van der Waals surface area contributed by atoms with Gasteiger partial charge < -0.3 is 10.8 Å². The van der Waals surface area contributed by atoms with Crippen molar-refractivity contribution in [2.75, 3.05) is 10.6 Å². The maximum Gasteiger partial charge on any atom is 0.412 e. The van der Waals surface area contributed by atoms with E-state index >= 15 is 0 Å². The minimum atomic E-state index is -1.25. The lowest BCUT2D eigenvalue weighted by atomic mass is 10.2. The topological polar surface area (TPSA) is 104 Å². The number of aromatic amines is 1. The Balaban J connectivity index is 2.05. The molecule has 1 heterocycles. The summed E-state index contributed by atoms with van der Waals surface area (Å²) in [7, 11) is 0. The summed E-state index contributed by atoms with van der Waals surface area (Å²) in [5.74, 6) is 0.0459. The van der Waals surface area contributed by atoms with Crippen molar-refractivity contribution < 1.29 is 9.90 Å². The van der Waals surface area contributed by atoms with Gasteiger partial charge in [-0.1, -0.05) is 48.5 Å². The molecular formula is C17H16N4O3. The molecule has 0 aliphatic heterocycles. The van der Waals surface area contributed by atoms with E-state index in [-0.39, 0.29) is 18.1 Å². The molecule has 122 valence electrons. The number of nitrogens with one attached hydrogen (secondary N) is 1. The lowest BCUT2D eigenvalue weighted by Crippen LogP contribution is -2.32. The van der Waals surface area contributed by atoms with E-state index in [2.05, 4.69) is 5.10 Å². The number of rotatable bonds is 4. The summed E-state index contributed by atoms with van der Waals surface area (Å²) < 4.78 is 1.37. The second-order valence-corrected chi connectivity index (χ2v) is 5.20. The first-order chi connectivity index (χ1) is 11.6. The van der Waals surface area contributed by atoms with Crippen molar-refractivity contribution in [1.82, 2.24) is 9.78 Å². The van der Waals surface area contributed by atoms with E-state index in [4.69, 9.17) is 5.73 Å². The zero-order chi connectivity index (χ0) is 17.1. The zero-order valence-corrected chi connectivity index (χ0v) is 12.7. The van der Waals surface area contributed by atoms with Crippen LogP contribution in [0, 0.1) is 0 Å². The Morgan fingerprint density at radius 2 is 1.67 bits per heavy atom. The van der Waals surface area contributed by atoms with Gasteiger partial charge in [0.25, 0.3) is 5.56 Å². The maximum absolute atomic E-state index is 12.3. The van der Waals surface area contributed by atoms with Crippen molar-refractivity contribution in [2.24, 2.45) is 0 Å². The van der Waals surface area contributed by atoms with E-state index in [1.165, 1.54) is 4.68 Å². The third-order valence-electron chi connectivity index (χ3n) is 3.61. The summed E-state index contributed by atoms with van der Waals surface area (Å²) in [5, 5.41) is 12.1. The average Bonchev–Trinajstić information content (AvgIpc) is 2.89. The van der Waals surface area contributed by atoms with Crippen LogP contribution >= 0.6 is 0 Å². The fourth-order valence-electron chi connectivity index (χ4n) is 2.49. The van der Waals surface area contributed by atoms with Crippen LogP contribution in [0.2, 0.25) is 0 Å². The lowest BCUT2D eigenvalue weighted by Gasteiger charge is -2.18. The van der Waals surface area contributed by atoms with Crippen LogP contribution < -0.4 is 16.2 Å². The number of para-hydroxylation sites is 1. The molecule has 24 heavy (non-hydrogen) atoms. The Bertz CT molecular complexity index is 901. The summed E-state index contributed by atoms with van der Waals surface area (Å²) in [5.41, 5.74) is 6.80. The maximum atomic E-state index is 12.3. The molecule has 3 rings (SSSR count). The third kappa shape index (κ3) is 2.87. The molecule has 0 saturated carbocycles. The van der Waals surface area contributed by atoms with Crippen LogP contribution in [-0.4, -0.2) is 21.0 Å². The predicted octanol–water partition coefficient (Wildman–Crippen LogP) is 2.43. The number of carbonyl (C=O) groups is 1. The van der Waals surface area contributed by atoms with Crippen LogP contribution in [0.4, 0.5) is 16.3 Å². The Morgan fingerprint density at radius 1 is 1.08 bits per heavy atom. The normalized spacial score (nSPS) is 10.5. The van der Waals surface area contributed by atoms with E-state index in [1.807, 2.05) is 12.1 Å². The van der Waals surface area contributed by atoms with Crippen LogP contribution in [0.5, 0.6) is 0 Å². The Morgan fingerprint density at radius 3 is 2.25 bits per heavy atom. The molecule has 0 radical (unpaired) electrons. The molecule has 2 aromatic carbocycles. The van der Waals surface area contributed by atoms with Crippen molar-refractivity contribution in [1.29, 1.82) is 0 Å². The molecular weight excluding hydrogens is 308 g/mol. The van der Waals surface area contributed by atoms with Crippen molar-refractivity contribution in [3.05, 3.63) is 76.6 Å². The van der Waals surface area contributed by atoms with E-state index < -0.39 is 11.7 Å². The molecule has 0 spiro atoms. The molecule has 0 atom stereocenters. The number of anilines is 2. The van der Waals surface area contributed by atoms with Crippen molar-refractivity contribution in [2.45, 2.75) is 6.54 Å². The zero-order valence-electron chi connectivity index (χ0n) is 12.7. The van der Waals surface area contributed by atoms with Gasteiger partial charge in [-0.2, -0.15) is 0 Å². The number of nitrogens with zero attached hydrogens (tertiary/aromatic N) is 2. The highest BCUT2D eigenvalue weighted by atomic mass is 16.4. The first kappa shape index (κ1) is 15.4. The Kier molecular flexibility index (Phi) is 4.07. The van der Waals surface area contributed by atoms with Gasteiger partial charge in [0.2, 0.25) is 0 Å². The molecule has 7 nitrogen and oxygen atoms in total. The highest BCUT2D eigenvalue weighted by Crippen LogP contribution is 2.23. The average molecular weight is 324 g/mol. The van der Waals surface area contributed by atoms with Crippen LogP contribution in [0.15, 0.2) is 65.5 Å². The summed E-state index contributed by atoms with van der Waals surface area (Å²) in [4.78, 5) is 24.9. The van der Waals surface area contributed by atoms with Gasteiger partial charge in [-0.25, -0.2) is 9.48 Å². The van der Waals surface area contributed by atoms with E-state index in [9.17, 15) is 14.7 Å². The monoisotopic (exact) mass is 324 g/mol. The Hall–Kier alpha value is -3.48. The van der Waals surface area contributed by atoms with Crippen molar-refractivity contribution >= 4 is 17.6 Å². The van der Waals surface area contributed by atoms with Crippen molar-refractivity contribution in [3.63, 3.8) is 0 Å². The molecule has 0 aliphatic carbocycles.